The molecule has 1 saturated heterocycles. The van der Waals surface area contributed by atoms with Crippen molar-refractivity contribution in [1.82, 2.24) is 4.90 Å². The summed E-state index contributed by atoms with van der Waals surface area (Å²) in [6, 6.07) is 10.6. The van der Waals surface area contributed by atoms with Gasteiger partial charge in [-0.05, 0) is 42.0 Å². The van der Waals surface area contributed by atoms with Gasteiger partial charge in [0.25, 0.3) is 0 Å². The van der Waals surface area contributed by atoms with E-state index in [0.29, 0.717) is 6.61 Å². The molecule has 0 unspecified atom stereocenters. The van der Waals surface area contributed by atoms with Gasteiger partial charge in [0.05, 0.1) is 6.61 Å². The Morgan fingerprint density at radius 3 is 2.78 bits per heavy atom. The van der Waals surface area contributed by atoms with E-state index in [2.05, 4.69) is 47.4 Å². The molecule has 0 spiro atoms. The minimum absolute atomic E-state index is 0.234. The van der Waals surface area contributed by atoms with Crippen LogP contribution in [0.2, 0.25) is 0 Å². The highest BCUT2D eigenvalue weighted by atomic mass is 16.5. The van der Waals surface area contributed by atoms with Crippen molar-refractivity contribution in [3.63, 3.8) is 0 Å². The second-order valence-corrected chi connectivity index (χ2v) is 6.04. The minimum Gasteiger partial charge on any atom is -0.463 e. The molecule has 0 N–H and O–H groups in total. The van der Waals surface area contributed by atoms with Crippen LogP contribution in [0.15, 0.2) is 65.3 Å². The lowest BCUT2D eigenvalue weighted by molar-refractivity contribution is -0.137. The highest BCUT2D eigenvalue weighted by Crippen LogP contribution is 2.29. The molecule has 1 aliphatic carbocycles. The third kappa shape index (κ3) is 4.20. The predicted octanol–water partition coefficient (Wildman–Crippen LogP) is 3.64. The maximum atomic E-state index is 11.7. The van der Waals surface area contributed by atoms with Crippen molar-refractivity contribution < 1.29 is 9.53 Å². The normalized spacial score (nSPS) is 19.8. The molecule has 1 aliphatic heterocycles. The van der Waals surface area contributed by atoms with Crippen LogP contribution in [0.25, 0.3) is 0 Å². The number of esters is 1. The molecule has 3 nitrogen and oxygen atoms in total. The molecule has 1 fully saturated rings. The van der Waals surface area contributed by atoms with Crippen LogP contribution in [0.4, 0.5) is 0 Å². The number of carbonyl (C=O) groups is 1. The third-order valence-corrected chi connectivity index (χ3v) is 4.22. The Morgan fingerprint density at radius 1 is 1.22 bits per heavy atom. The van der Waals surface area contributed by atoms with Crippen molar-refractivity contribution in [2.45, 2.75) is 26.3 Å². The average molecular weight is 309 g/mol. The molecule has 0 amide bonds. The summed E-state index contributed by atoms with van der Waals surface area (Å²) in [7, 11) is 0. The van der Waals surface area contributed by atoms with E-state index in [0.717, 1.165) is 38.0 Å². The molecule has 0 aromatic heterocycles. The maximum absolute atomic E-state index is 11.7. The first-order chi connectivity index (χ1) is 11.2. The minimum atomic E-state index is -0.234. The van der Waals surface area contributed by atoms with E-state index in [1.54, 1.807) is 6.08 Å². The predicted molar refractivity (Wildman–Crippen MR) is 91.8 cm³/mol. The molecule has 0 saturated carbocycles. The van der Waals surface area contributed by atoms with E-state index >= 15 is 0 Å². The van der Waals surface area contributed by atoms with E-state index < -0.39 is 0 Å². The number of fused-ring (bicyclic) bond motifs is 1. The van der Waals surface area contributed by atoms with Crippen LogP contribution in [-0.4, -0.2) is 30.6 Å². The number of likely N-dealkylation sites (tertiary alicyclic amines) is 1. The fourth-order valence-corrected chi connectivity index (χ4v) is 3.19. The number of benzene rings is 1. The van der Waals surface area contributed by atoms with Gasteiger partial charge >= 0.3 is 5.97 Å². The van der Waals surface area contributed by atoms with Gasteiger partial charge in [0.2, 0.25) is 0 Å². The summed E-state index contributed by atoms with van der Waals surface area (Å²) >= 11 is 0. The summed E-state index contributed by atoms with van der Waals surface area (Å²) in [6.07, 6.45) is 8.04. The SMILES string of the molecule is CCOC(=O)/C=C1/C=C2CN(Cc3ccccc3)CC2=CCC1. The van der Waals surface area contributed by atoms with E-state index in [1.165, 1.54) is 16.7 Å². The van der Waals surface area contributed by atoms with Gasteiger partial charge in [-0.25, -0.2) is 4.79 Å². The fraction of sp³-hybridized carbons (Fsp3) is 0.350. The Hall–Kier alpha value is -2.13. The lowest BCUT2D eigenvalue weighted by atomic mass is 10.1. The lowest BCUT2D eigenvalue weighted by Crippen LogP contribution is -2.18. The molecular formula is C20H23NO2. The summed E-state index contributed by atoms with van der Waals surface area (Å²) in [5, 5.41) is 0. The molecule has 1 heterocycles. The highest BCUT2D eigenvalue weighted by molar-refractivity contribution is 5.83. The second kappa shape index (κ2) is 7.42. The Labute approximate surface area is 137 Å². The fourth-order valence-electron chi connectivity index (χ4n) is 3.19. The Balaban J connectivity index is 1.71. The number of rotatable bonds is 4. The van der Waals surface area contributed by atoms with Crippen LogP contribution in [0, 0.1) is 0 Å². The number of carbonyl (C=O) groups excluding carboxylic acids is 1. The van der Waals surface area contributed by atoms with Crippen molar-refractivity contribution in [2.75, 3.05) is 19.7 Å². The van der Waals surface area contributed by atoms with Crippen molar-refractivity contribution in [1.29, 1.82) is 0 Å². The number of ether oxygens (including phenoxy) is 1. The molecule has 120 valence electrons. The van der Waals surface area contributed by atoms with Gasteiger partial charge in [0.1, 0.15) is 0 Å². The molecule has 3 rings (SSSR count). The van der Waals surface area contributed by atoms with Crippen molar-refractivity contribution in [3.05, 3.63) is 70.8 Å². The molecule has 1 aromatic carbocycles. The third-order valence-electron chi connectivity index (χ3n) is 4.22. The van der Waals surface area contributed by atoms with Crippen molar-refractivity contribution >= 4 is 5.97 Å². The van der Waals surface area contributed by atoms with E-state index in [1.807, 2.05) is 6.92 Å². The molecule has 0 radical (unpaired) electrons. The van der Waals surface area contributed by atoms with Crippen LogP contribution in [0.1, 0.15) is 25.3 Å². The molecule has 3 heteroatoms. The van der Waals surface area contributed by atoms with E-state index in [-0.39, 0.29) is 5.97 Å². The van der Waals surface area contributed by atoms with Gasteiger partial charge in [0, 0.05) is 25.7 Å². The standard InChI is InChI=1S/C20H23NO2/c1-2-23-20(22)12-17-9-6-10-18-14-21(15-19(18)11-17)13-16-7-4-3-5-8-16/h3-5,7-8,10-12H,2,6,9,13-15H2,1H3/b17-12+. The number of allylic oxidation sites excluding steroid dienone is 3. The average Bonchev–Trinajstić information content (AvgIpc) is 2.80. The van der Waals surface area contributed by atoms with Gasteiger partial charge in [-0.1, -0.05) is 42.5 Å². The first-order valence-electron chi connectivity index (χ1n) is 8.28. The number of hydrogen-bond donors (Lipinski definition) is 0. The zero-order chi connectivity index (χ0) is 16.1. The maximum Gasteiger partial charge on any atom is 0.331 e. The zero-order valence-corrected chi connectivity index (χ0v) is 13.6. The summed E-state index contributed by atoms with van der Waals surface area (Å²) in [6.45, 7) is 5.16. The van der Waals surface area contributed by atoms with Gasteiger partial charge in [0.15, 0.2) is 0 Å². The molecule has 23 heavy (non-hydrogen) atoms. The lowest BCUT2D eigenvalue weighted by Gasteiger charge is -2.14. The molecule has 2 aliphatic rings. The van der Waals surface area contributed by atoms with Crippen molar-refractivity contribution in [2.24, 2.45) is 0 Å². The van der Waals surface area contributed by atoms with E-state index in [4.69, 9.17) is 4.74 Å². The molecule has 1 aromatic rings. The van der Waals surface area contributed by atoms with Gasteiger partial charge in [-0.3, -0.25) is 4.90 Å². The van der Waals surface area contributed by atoms with Crippen LogP contribution < -0.4 is 0 Å². The zero-order valence-electron chi connectivity index (χ0n) is 13.6. The molecular weight excluding hydrogens is 286 g/mol. The van der Waals surface area contributed by atoms with Crippen LogP contribution in [0.3, 0.4) is 0 Å². The topological polar surface area (TPSA) is 29.5 Å². The Bertz CT molecular complexity index is 655. The summed E-state index contributed by atoms with van der Waals surface area (Å²) in [5.41, 5.74) is 5.17. The molecule has 0 bridgehead atoms. The van der Waals surface area contributed by atoms with Crippen LogP contribution >= 0.6 is 0 Å². The van der Waals surface area contributed by atoms with Gasteiger partial charge < -0.3 is 4.74 Å². The number of nitrogens with zero attached hydrogens (tertiary/aromatic N) is 1. The van der Waals surface area contributed by atoms with Gasteiger partial charge in [-0.15, -0.1) is 0 Å². The second-order valence-electron chi connectivity index (χ2n) is 6.04. The van der Waals surface area contributed by atoms with Crippen LogP contribution in [0.5, 0.6) is 0 Å². The van der Waals surface area contributed by atoms with E-state index in [9.17, 15) is 4.79 Å². The Kier molecular flexibility index (Phi) is 5.09. The van der Waals surface area contributed by atoms with Gasteiger partial charge in [-0.2, -0.15) is 0 Å². The summed E-state index contributed by atoms with van der Waals surface area (Å²) in [4.78, 5) is 14.1. The quantitative estimate of drug-likeness (QED) is 0.628. The first-order valence-corrected chi connectivity index (χ1v) is 8.28. The number of hydrogen-bond acceptors (Lipinski definition) is 3. The monoisotopic (exact) mass is 309 g/mol. The Morgan fingerprint density at radius 2 is 2.00 bits per heavy atom. The molecule has 0 atom stereocenters. The van der Waals surface area contributed by atoms with Crippen molar-refractivity contribution in [3.8, 4) is 0 Å². The van der Waals surface area contributed by atoms with Crippen LogP contribution in [-0.2, 0) is 16.1 Å². The highest BCUT2D eigenvalue weighted by Gasteiger charge is 2.23. The largest absolute Gasteiger partial charge is 0.463 e. The summed E-state index contributed by atoms with van der Waals surface area (Å²) < 4.78 is 5.02. The first kappa shape index (κ1) is 15.8. The summed E-state index contributed by atoms with van der Waals surface area (Å²) in [5.74, 6) is -0.234. The smallest absolute Gasteiger partial charge is 0.331 e.